The molecule has 2 amide bonds. The highest BCUT2D eigenvalue weighted by molar-refractivity contribution is 6.00. The Hall–Kier alpha value is -2.82. The molecule has 2 aromatic rings. The fourth-order valence-electron chi connectivity index (χ4n) is 2.19. The first kappa shape index (κ1) is 18.5. The van der Waals surface area contributed by atoms with Gasteiger partial charge in [0.1, 0.15) is 0 Å². The number of hydrogen-bond acceptors (Lipinski definition) is 3. The van der Waals surface area contributed by atoms with Gasteiger partial charge in [-0.1, -0.05) is 19.4 Å². The van der Waals surface area contributed by atoms with E-state index in [-0.39, 0.29) is 12.0 Å². The SMILES string of the molecule is CCCCOC(=O)c1ccc(NC(=O)Nc2ccc(C)c(C)c2)cc1. The summed E-state index contributed by atoms with van der Waals surface area (Å²) in [6.45, 7) is 6.48. The van der Waals surface area contributed by atoms with Crippen LogP contribution in [-0.4, -0.2) is 18.6 Å². The standard InChI is InChI=1S/C20H24N2O3/c1-4-5-12-25-19(23)16-7-10-17(11-8-16)21-20(24)22-18-9-6-14(2)15(3)13-18/h6-11,13H,4-5,12H2,1-3H3,(H2,21,22,24). The molecule has 0 aliphatic heterocycles. The van der Waals surface area contributed by atoms with Gasteiger partial charge in [-0.25, -0.2) is 9.59 Å². The Morgan fingerprint density at radius 3 is 2.20 bits per heavy atom. The lowest BCUT2D eigenvalue weighted by molar-refractivity contribution is 0.0500. The molecule has 2 aromatic carbocycles. The average Bonchev–Trinajstić information content (AvgIpc) is 2.59. The predicted octanol–water partition coefficient (Wildman–Crippen LogP) is 4.90. The fourth-order valence-corrected chi connectivity index (χ4v) is 2.19. The molecule has 5 nitrogen and oxygen atoms in total. The van der Waals surface area contributed by atoms with Crippen molar-refractivity contribution < 1.29 is 14.3 Å². The molecule has 0 radical (unpaired) electrons. The van der Waals surface area contributed by atoms with E-state index in [0.29, 0.717) is 17.9 Å². The minimum atomic E-state index is -0.348. The van der Waals surface area contributed by atoms with Crippen LogP contribution in [-0.2, 0) is 4.74 Å². The molecule has 0 saturated heterocycles. The van der Waals surface area contributed by atoms with E-state index in [1.807, 2.05) is 39.0 Å². The second kappa shape index (κ2) is 8.87. The second-order valence-corrected chi connectivity index (χ2v) is 5.94. The zero-order valence-corrected chi connectivity index (χ0v) is 14.9. The number of aryl methyl sites for hydroxylation is 2. The Kier molecular flexibility index (Phi) is 6.57. The molecule has 0 unspecified atom stereocenters. The summed E-state index contributed by atoms with van der Waals surface area (Å²) in [7, 11) is 0. The number of ether oxygens (including phenoxy) is 1. The third-order valence-electron chi connectivity index (χ3n) is 3.87. The normalized spacial score (nSPS) is 10.2. The molecule has 0 atom stereocenters. The lowest BCUT2D eigenvalue weighted by atomic mass is 10.1. The first-order valence-corrected chi connectivity index (χ1v) is 8.42. The van der Waals surface area contributed by atoms with Gasteiger partial charge >= 0.3 is 12.0 Å². The van der Waals surface area contributed by atoms with Crippen molar-refractivity contribution in [1.29, 1.82) is 0 Å². The summed E-state index contributed by atoms with van der Waals surface area (Å²) >= 11 is 0. The molecule has 0 aliphatic rings. The van der Waals surface area contributed by atoms with Crippen LogP contribution in [0.3, 0.4) is 0 Å². The van der Waals surface area contributed by atoms with Crippen molar-refractivity contribution in [3.8, 4) is 0 Å². The summed E-state index contributed by atoms with van der Waals surface area (Å²) in [6, 6.07) is 12.0. The van der Waals surface area contributed by atoms with Crippen LogP contribution in [0.4, 0.5) is 16.2 Å². The van der Waals surface area contributed by atoms with Crippen LogP contribution in [0.1, 0.15) is 41.3 Å². The smallest absolute Gasteiger partial charge is 0.338 e. The van der Waals surface area contributed by atoms with E-state index < -0.39 is 0 Å². The van der Waals surface area contributed by atoms with Crippen molar-refractivity contribution in [2.45, 2.75) is 33.6 Å². The number of carbonyl (C=O) groups excluding carboxylic acids is 2. The topological polar surface area (TPSA) is 67.4 Å². The molecule has 0 aliphatic carbocycles. The maximum absolute atomic E-state index is 12.1. The quantitative estimate of drug-likeness (QED) is 0.580. The van der Waals surface area contributed by atoms with Crippen molar-refractivity contribution in [3.05, 3.63) is 59.2 Å². The molecule has 0 heterocycles. The van der Waals surface area contributed by atoms with Crippen LogP contribution < -0.4 is 10.6 Å². The lowest BCUT2D eigenvalue weighted by Crippen LogP contribution is -2.19. The van der Waals surface area contributed by atoms with E-state index in [2.05, 4.69) is 10.6 Å². The average molecular weight is 340 g/mol. The molecular weight excluding hydrogens is 316 g/mol. The van der Waals surface area contributed by atoms with Gasteiger partial charge in [-0.05, 0) is 67.8 Å². The molecule has 0 fully saturated rings. The highest BCUT2D eigenvalue weighted by Crippen LogP contribution is 2.15. The summed E-state index contributed by atoms with van der Waals surface area (Å²) in [6.07, 6.45) is 1.83. The van der Waals surface area contributed by atoms with Gasteiger partial charge in [-0.15, -0.1) is 0 Å². The molecule has 25 heavy (non-hydrogen) atoms. The maximum Gasteiger partial charge on any atom is 0.338 e. The number of anilines is 2. The van der Waals surface area contributed by atoms with Gasteiger partial charge in [0.2, 0.25) is 0 Å². The summed E-state index contributed by atoms with van der Waals surface area (Å²) < 4.78 is 5.15. The number of unbranched alkanes of at least 4 members (excludes halogenated alkanes) is 1. The van der Waals surface area contributed by atoms with Crippen LogP contribution in [0.15, 0.2) is 42.5 Å². The van der Waals surface area contributed by atoms with Crippen molar-refractivity contribution in [2.24, 2.45) is 0 Å². The molecule has 2 N–H and O–H groups in total. The summed E-state index contributed by atoms with van der Waals surface area (Å²) in [5, 5.41) is 5.53. The number of carbonyl (C=O) groups is 2. The van der Waals surface area contributed by atoms with E-state index in [1.54, 1.807) is 24.3 Å². The molecular formula is C20H24N2O3. The number of urea groups is 1. The van der Waals surface area contributed by atoms with Crippen LogP contribution in [0.25, 0.3) is 0 Å². The molecule has 0 bridgehead atoms. The van der Waals surface area contributed by atoms with Gasteiger partial charge in [0.15, 0.2) is 0 Å². The minimum Gasteiger partial charge on any atom is -0.462 e. The summed E-state index contributed by atoms with van der Waals surface area (Å²) in [5.74, 6) is -0.348. The van der Waals surface area contributed by atoms with Gasteiger partial charge < -0.3 is 15.4 Å². The first-order valence-electron chi connectivity index (χ1n) is 8.42. The molecule has 0 saturated carbocycles. The number of amides is 2. The van der Waals surface area contributed by atoms with Crippen LogP contribution >= 0.6 is 0 Å². The lowest BCUT2D eigenvalue weighted by Gasteiger charge is -2.10. The number of rotatable bonds is 6. The van der Waals surface area contributed by atoms with E-state index in [9.17, 15) is 9.59 Å². The van der Waals surface area contributed by atoms with Crippen LogP contribution in [0.2, 0.25) is 0 Å². The summed E-state index contributed by atoms with van der Waals surface area (Å²) in [4.78, 5) is 23.9. The molecule has 0 aromatic heterocycles. The maximum atomic E-state index is 12.1. The van der Waals surface area contributed by atoms with Crippen LogP contribution in [0, 0.1) is 13.8 Å². The Morgan fingerprint density at radius 2 is 1.56 bits per heavy atom. The van der Waals surface area contributed by atoms with Crippen molar-refractivity contribution in [2.75, 3.05) is 17.2 Å². The molecule has 5 heteroatoms. The zero-order valence-electron chi connectivity index (χ0n) is 14.9. The highest BCUT2D eigenvalue weighted by Gasteiger charge is 2.08. The van der Waals surface area contributed by atoms with Gasteiger partial charge in [0.25, 0.3) is 0 Å². The van der Waals surface area contributed by atoms with E-state index >= 15 is 0 Å². The number of esters is 1. The Morgan fingerprint density at radius 1 is 0.920 bits per heavy atom. The van der Waals surface area contributed by atoms with Gasteiger partial charge in [-0.3, -0.25) is 0 Å². The summed E-state index contributed by atoms with van der Waals surface area (Å²) in [5.41, 5.74) is 4.09. The van der Waals surface area contributed by atoms with Gasteiger partial charge in [-0.2, -0.15) is 0 Å². The zero-order chi connectivity index (χ0) is 18.2. The number of benzene rings is 2. The fraction of sp³-hybridized carbons (Fsp3) is 0.300. The Balaban J connectivity index is 1.90. The van der Waals surface area contributed by atoms with Crippen molar-refractivity contribution >= 4 is 23.4 Å². The number of hydrogen-bond donors (Lipinski definition) is 2. The van der Waals surface area contributed by atoms with Crippen molar-refractivity contribution in [3.63, 3.8) is 0 Å². The van der Waals surface area contributed by atoms with E-state index in [4.69, 9.17) is 4.74 Å². The number of nitrogens with one attached hydrogen (secondary N) is 2. The Labute approximate surface area is 148 Å². The Bertz CT molecular complexity index is 739. The third-order valence-corrected chi connectivity index (χ3v) is 3.87. The minimum absolute atomic E-state index is 0.332. The van der Waals surface area contributed by atoms with Gasteiger partial charge in [0, 0.05) is 11.4 Å². The molecule has 2 rings (SSSR count). The predicted molar refractivity (Wildman–Crippen MR) is 100 cm³/mol. The van der Waals surface area contributed by atoms with Crippen molar-refractivity contribution in [1.82, 2.24) is 0 Å². The first-order chi connectivity index (χ1) is 12.0. The second-order valence-electron chi connectivity index (χ2n) is 5.94. The largest absolute Gasteiger partial charge is 0.462 e. The van der Waals surface area contributed by atoms with E-state index in [1.165, 1.54) is 5.56 Å². The highest BCUT2D eigenvalue weighted by atomic mass is 16.5. The van der Waals surface area contributed by atoms with Crippen LogP contribution in [0.5, 0.6) is 0 Å². The third kappa shape index (κ3) is 5.64. The molecule has 132 valence electrons. The van der Waals surface area contributed by atoms with E-state index in [0.717, 1.165) is 24.1 Å². The monoisotopic (exact) mass is 340 g/mol. The van der Waals surface area contributed by atoms with Gasteiger partial charge in [0.05, 0.1) is 12.2 Å². The molecule has 0 spiro atoms.